The van der Waals surface area contributed by atoms with E-state index in [2.05, 4.69) is 62.0 Å². The molecule has 0 bridgehead atoms. The third-order valence-corrected chi connectivity index (χ3v) is 6.97. The molecule has 0 heterocycles. The standard InChI is InChI=1S/C28H50N4O4S2/c1-20(2)11-9-12-21(3)13-10-14-22(4)15-18-38-19-24(26(34)32-29)30-25(33)23(16-17-37-8)31-27(35)36-28(5,6)7/h11,13,15,23-24H,9-10,12,14,16-19,29H2,1-8H3,(H,30,33)(H,31,35)(H,32,34). The molecule has 2 unspecified atom stereocenters. The van der Waals surface area contributed by atoms with Crippen LogP contribution in [0.15, 0.2) is 34.9 Å². The minimum atomic E-state index is -0.824. The molecule has 0 aromatic carbocycles. The van der Waals surface area contributed by atoms with E-state index in [9.17, 15) is 14.4 Å². The van der Waals surface area contributed by atoms with Crippen molar-refractivity contribution in [2.45, 2.75) is 98.3 Å². The molecule has 0 aliphatic rings. The van der Waals surface area contributed by atoms with E-state index < -0.39 is 35.6 Å². The summed E-state index contributed by atoms with van der Waals surface area (Å²) in [7, 11) is 0. The fraction of sp³-hybridized carbons (Fsp3) is 0.679. The second kappa shape index (κ2) is 20.1. The van der Waals surface area contributed by atoms with Crippen LogP contribution < -0.4 is 21.9 Å². The van der Waals surface area contributed by atoms with Crippen molar-refractivity contribution in [1.82, 2.24) is 16.1 Å². The van der Waals surface area contributed by atoms with Crippen molar-refractivity contribution in [3.8, 4) is 0 Å². The molecule has 3 amide bonds. The van der Waals surface area contributed by atoms with Crippen LogP contribution in [0, 0.1) is 0 Å². The number of thioether (sulfide) groups is 2. The number of rotatable bonds is 17. The number of hydrogen-bond acceptors (Lipinski definition) is 7. The smallest absolute Gasteiger partial charge is 0.408 e. The molecule has 38 heavy (non-hydrogen) atoms. The van der Waals surface area contributed by atoms with Crippen molar-refractivity contribution < 1.29 is 19.1 Å². The molecule has 0 aliphatic heterocycles. The highest BCUT2D eigenvalue weighted by atomic mass is 32.2. The van der Waals surface area contributed by atoms with E-state index in [1.165, 1.54) is 28.5 Å². The number of nitrogens with two attached hydrogens (primary N) is 1. The van der Waals surface area contributed by atoms with E-state index in [-0.39, 0.29) is 0 Å². The van der Waals surface area contributed by atoms with E-state index in [4.69, 9.17) is 10.6 Å². The molecule has 10 heteroatoms. The van der Waals surface area contributed by atoms with Gasteiger partial charge in [0.25, 0.3) is 5.91 Å². The Bertz CT molecular complexity index is 831. The number of ether oxygens (including phenoxy) is 1. The van der Waals surface area contributed by atoms with Gasteiger partial charge in [0.2, 0.25) is 5.91 Å². The lowest BCUT2D eigenvalue weighted by atomic mass is 10.1. The second-order valence-electron chi connectivity index (χ2n) is 10.5. The minimum Gasteiger partial charge on any atom is -0.444 e. The fourth-order valence-electron chi connectivity index (χ4n) is 3.24. The van der Waals surface area contributed by atoms with Gasteiger partial charge in [-0.3, -0.25) is 15.0 Å². The summed E-state index contributed by atoms with van der Waals surface area (Å²) in [5, 5.41) is 5.36. The third-order valence-electron chi connectivity index (χ3n) is 5.35. The topological polar surface area (TPSA) is 123 Å². The van der Waals surface area contributed by atoms with Crippen molar-refractivity contribution in [3.63, 3.8) is 0 Å². The largest absolute Gasteiger partial charge is 0.444 e. The minimum absolute atomic E-state index is 0.351. The molecule has 0 saturated carbocycles. The van der Waals surface area contributed by atoms with Gasteiger partial charge >= 0.3 is 6.09 Å². The first kappa shape index (κ1) is 36.1. The number of alkyl carbamates (subject to hydrolysis) is 1. The Morgan fingerprint density at radius 1 is 0.895 bits per heavy atom. The number of hydrogen-bond donors (Lipinski definition) is 4. The monoisotopic (exact) mass is 570 g/mol. The highest BCUT2D eigenvalue weighted by Gasteiger charge is 2.28. The van der Waals surface area contributed by atoms with Crippen molar-refractivity contribution in [1.29, 1.82) is 0 Å². The van der Waals surface area contributed by atoms with Gasteiger partial charge in [-0.1, -0.05) is 34.9 Å². The van der Waals surface area contributed by atoms with Crippen LogP contribution in [-0.2, 0) is 14.3 Å². The molecule has 218 valence electrons. The first-order valence-electron chi connectivity index (χ1n) is 13.1. The van der Waals surface area contributed by atoms with Crippen LogP contribution >= 0.6 is 23.5 Å². The first-order valence-corrected chi connectivity index (χ1v) is 15.7. The zero-order valence-electron chi connectivity index (χ0n) is 24.6. The summed E-state index contributed by atoms with van der Waals surface area (Å²) in [5.41, 5.74) is 5.49. The van der Waals surface area contributed by atoms with Crippen LogP contribution in [0.1, 0.15) is 80.6 Å². The SMILES string of the molecule is CSCCC(NC(=O)OC(C)(C)C)C(=O)NC(CSCC=C(C)CCC=C(C)CCC=C(C)C)C(=O)NN. The average molecular weight is 571 g/mol. The lowest BCUT2D eigenvalue weighted by molar-refractivity contribution is -0.129. The van der Waals surface area contributed by atoms with Gasteiger partial charge in [0.15, 0.2) is 0 Å². The van der Waals surface area contributed by atoms with Gasteiger partial charge in [-0.05, 0) is 92.6 Å². The van der Waals surface area contributed by atoms with E-state index in [0.29, 0.717) is 23.7 Å². The van der Waals surface area contributed by atoms with Crippen LogP contribution in [0.2, 0.25) is 0 Å². The van der Waals surface area contributed by atoms with Gasteiger partial charge in [-0.15, -0.1) is 0 Å². The predicted molar refractivity (Wildman–Crippen MR) is 163 cm³/mol. The van der Waals surface area contributed by atoms with Crippen molar-refractivity contribution >= 4 is 41.4 Å². The quantitative estimate of drug-likeness (QED) is 0.0618. The van der Waals surface area contributed by atoms with Crippen LogP contribution in [0.25, 0.3) is 0 Å². The van der Waals surface area contributed by atoms with Crippen molar-refractivity contribution in [2.24, 2.45) is 5.84 Å². The van der Waals surface area contributed by atoms with E-state index >= 15 is 0 Å². The molecule has 0 aromatic heterocycles. The van der Waals surface area contributed by atoms with E-state index in [0.717, 1.165) is 25.7 Å². The summed E-state index contributed by atoms with van der Waals surface area (Å²) >= 11 is 3.09. The summed E-state index contributed by atoms with van der Waals surface area (Å²) in [6.45, 7) is 13.8. The predicted octanol–water partition coefficient (Wildman–Crippen LogP) is 5.26. The van der Waals surface area contributed by atoms with Crippen molar-refractivity contribution in [3.05, 3.63) is 34.9 Å². The van der Waals surface area contributed by atoms with Gasteiger partial charge in [-0.2, -0.15) is 23.5 Å². The molecule has 0 aliphatic carbocycles. The maximum Gasteiger partial charge on any atom is 0.408 e. The van der Waals surface area contributed by atoms with Crippen LogP contribution in [0.4, 0.5) is 4.79 Å². The van der Waals surface area contributed by atoms with E-state index in [1.54, 1.807) is 32.5 Å². The molecule has 2 atom stereocenters. The summed E-state index contributed by atoms with van der Waals surface area (Å²) < 4.78 is 5.29. The molecular formula is C28H50N4O4S2. The van der Waals surface area contributed by atoms with Gasteiger partial charge in [-0.25, -0.2) is 10.6 Å². The van der Waals surface area contributed by atoms with Crippen molar-refractivity contribution in [2.75, 3.05) is 23.5 Å². The van der Waals surface area contributed by atoms with Gasteiger partial charge in [0.1, 0.15) is 17.7 Å². The number of hydrazine groups is 1. The molecule has 0 radical (unpaired) electrons. The number of nitrogens with one attached hydrogen (secondary N) is 3. The zero-order valence-corrected chi connectivity index (χ0v) is 26.2. The summed E-state index contributed by atoms with van der Waals surface area (Å²) in [4.78, 5) is 37.5. The van der Waals surface area contributed by atoms with Crippen LogP contribution in [0.3, 0.4) is 0 Å². The Morgan fingerprint density at radius 2 is 1.50 bits per heavy atom. The first-order chi connectivity index (χ1) is 17.8. The van der Waals surface area contributed by atoms with Crippen LogP contribution in [-0.4, -0.2) is 59.1 Å². The summed E-state index contributed by atoms with van der Waals surface area (Å²) in [6.07, 6.45) is 12.5. The lowest BCUT2D eigenvalue weighted by Crippen LogP contribution is -2.56. The average Bonchev–Trinajstić information content (AvgIpc) is 2.81. The lowest BCUT2D eigenvalue weighted by Gasteiger charge is -2.25. The van der Waals surface area contributed by atoms with Crippen LogP contribution in [0.5, 0.6) is 0 Å². The summed E-state index contributed by atoms with van der Waals surface area (Å²) in [5.74, 6) is 6.15. The number of carbonyl (C=O) groups excluding carboxylic acids is 3. The van der Waals surface area contributed by atoms with E-state index in [1.807, 2.05) is 6.26 Å². The number of carbonyl (C=O) groups is 3. The molecule has 0 fully saturated rings. The Morgan fingerprint density at radius 3 is 2.05 bits per heavy atom. The normalized spacial score (nSPS) is 13.8. The van der Waals surface area contributed by atoms with Gasteiger partial charge in [0.05, 0.1) is 0 Å². The highest BCUT2D eigenvalue weighted by molar-refractivity contribution is 7.99. The molecule has 0 aromatic rings. The molecule has 0 saturated heterocycles. The molecular weight excluding hydrogens is 520 g/mol. The second-order valence-corrected chi connectivity index (χ2v) is 12.6. The summed E-state index contributed by atoms with van der Waals surface area (Å²) in [6, 6.07) is -1.65. The zero-order chi connectivity index (χ0) is 29.1. The molecule has 5 N–H and O–H groups in total. The Hall–Kier alpha value is -1.91. The Labute approximate surface area is 238 Å². The maximum atomic E-state index is 13.0. The highest BCUT2D eigenvalue weighted by Crippen LogP contribution is 2.13. The molecule has 0 rings (SSSR count). The third kappa shape index (κ3) is 19.2. The number of allylic oxidation sites excluding steroid dienone is 5. The number of amides is 3. The van der Waals surface area contributed by atoms with Gasteiger partial charge < -0.3 is 15.4 Å². The Kier molecular flexibility index (Phi) is 19.0. The Balaban J connectivity index is 4.87. The fourth-order valence-corrected chi connectivity index (χ4v) is 4.72. The molecule has 8 nitrogen and oxygen atoms in total. The molecule has 0 spiro atoms. The van der Waals surface area contributed by atoms with Gasteiger partial charge in [0, 0.05) is 11.5 Å². The maximum absolute atomic E-state index is 13.0.